The van der Waals surface area contributed by atoms with Gasteiger partial charge in [-0.3, -0.25) is 4.68 Å². The highest BCUT2D eigenvalue weighted by molar-refractivity contribution is 6.30. The molecule has 0 saturated carbocycles. The summed E-state index contributed by atoms with van der Waals surface area (Å²) in [5.74, 6) is 0.489. The predicted octanol–water partition coefficient (Wildman–Crippen LogP) is 4.64. The number of aromatic nitrogens is 4. The van der Waals surface area contributed by atoms with Gasteiger partial charge in [-0.2, -0.15) is 18.3 Å². The SMILES string of the molecule is Cc1cc(C(F)(F)F)nn1C[C@H](C)c1nnc(Cc2cccc(Cl)c2)o1. The molecule has 0 bridgehead atoms. The lowest BCUT2D eigenvalue weighted by Crippen LogP contribution is -2.12. The van der Waals surface area contributed by atoms with E-state index in [-0.39, 0.29) is 12.5 Å². The zero-order valence-corrected chi connectivity index (χ0v) is 14.8. The molecule has 5 nitrogen and oxygen atoms in total. The minimum atomic E-state index is -4.46. The molecule has 0 N–H and O–H groups in total. The highest BCUT2D eigenvalue weighted by Crippen LogP contribution is 2.29. The zero-order valence-electron chi connectivity index (χ0n) is 14.1. The van der Waals surface area contributed by atoms with Crippen molar-refractivity contribution in [3.63, 3.8) is 0 Å². The third-order valence-corrected chi connectivity index (χ3v) is 4.10. The molecule has 0 unspecified atom stereocenters. The van der Waals surface area contributed by atoms with Gasteiger partial charge >= 0.3 is 6.18 Å². The number of nitrogens with zero attached hydrogens (tertiary/aromatic N) is 4. The zero-order chi connectivity index (χ0) is 18.9. The first-order chi connectivity index (χ1) is 12.2. The second-order valence-electron chi connectivity index (χ2n) is 6.09. The minimum absolute atomic E-state index is 0.209. The van der Waals surface area contributed by atoms with Crippen LogP contribution in [0.4, 0.5) is 13.2 Å². The highest BCUT2D eigenvalue weighted by Gasteiger charge is 2.34. The van der Waals surface area contributed by atoms with E-state index in [9.17, 15) is 13.2 Å². The van der Waals surface area contributed by atoms with Crippen LogP contribution in [0.5, 0.6) is 0 Å². The maximum atomic E-state index is 12.8. The van der Waals surface area contributed by atoms with E-state index in [1.54, 1.807) is 26.0 Å². The summed E-state index contributed by atoms with van der Waals surface area (Å²) in [4.78, 5) is 0. The van der Waals surface area contributed by atoms with E-state index in [4.69, 9.17) is 16.0 Å². The predicted molar refractivity (Wildman–Crippen MR) is 88.9 cm³/mol. The van der Waals surface area contributed by atoms with Crippen molar-refractivity contribution in [2.75, 3.05) is 0 Å². The van der Waals surface area contributed by atoms with Crippen LogP contribution in [0, 0.1) is 6.92 Å². The van der Waals surface area contributed by atoms with Gasteiger partial charge in [-0.25, -0.2) is 0 Å². The Morgan fingerprint density at radius 2 is 2.00 bits per heavy atom. The number of hydrogen-bond acceptors (Lipinski definition) is 4. The topological polar surface area (TPSA) is 56.7 Å². The van der Waals surface area contributed by atoms with Crippen LogP contribution in [0.1, 0.15) is 41.6 Å². The molecule has 0 aliphatic heterocycles. The first-order valence-corrected chi connectivity index (χ1v) is 8.28. The van der Waals surface area contributed by atoms with Crippen molar-refractivity contribution < 1.29 is 17.6 Å². The summed E-state index contributed by atoms with van der Waals surface area (Å²) in [5.41, 5.74) is 0.440. The van der Waals surface area contributed by atoms with Gasteiger partial charge in [0, 0.05) is 10.7 Å². The molecule has 26 heavy (non-hydrogen) atoms. The van der Waals surface area contributed by atoms with Crippen molar-refractivity contribution >= 4 is 11.6 Å². The van der Waals surface area contributed by atoms with Crippen LogP contribution in [-0.4, -0.2) is 20.0 Å². The Balaban J connectivity index is 1.70. The molecule has 0 fully saturated rings. The van der Waals surface area contributed by atoms with Crippen LogP contribution in [-0.2, 0) is 19.1 Å². The van der Waals surface area contributed by atoms with Gasteiger partial charge in [0.2, 0.25) is 11.8 Å². The van der Waals surface area contributed by atoms with Crippen molar-refractivity contribution in [2.24, 2.45) is 0 Å². The van der Waals surface area contributed by atoms with Crippen molar-refractivity contribution in [2.45, 2.75) is 38.9 Å². The fourth-order valence-corrected chi connectivity index (χ4v) is 2.74. The molecular formula is C17H16ClF3N4O. The first-order valence-electron chi connectivity index (χ1n) is 7.90. The van der Waals surface area contributed by atoms with Gasteiger partial charge in [-0.15, -0.1) is 10.2 Å². The average molecular weight is 385 g/mol. The van der Waals surface area contributed by atoms with Crippen molar-refractivity contribution in [1.29, 1.82) is 0 Å². The Kier molecular flexibility index (Phi) is 5.04. The molecule has 0 aliphatic rings. The molecule has 0 saturated heterocycles. The molecule has 2 heterocycles. The summed E-state index contributed by atoms with van der Waals surface area (Å²) in [6.07, 6.45) is -4.03. The summed E-state index contributed by atoms with van der Waals surface area (Å²) in [7, 11) is 0. The quantitative estimate of drug-likeness (QED) is 0.643. The third-order valence-electron chi connectivity index (χ3n) is 3.87. The standard InChI is InChI=1S/C17H16ClF3N4O/c1-10(9-25-11(2)6-14(24-25)17(19,20)21)16-23-22-15(26-16)8-12-4-3-5-13(18)7-12/h3-7,10H,8-9H2,1-2H3/t10-/m0/s1. The van der Waals surface area contributed by atoms with Crippen LogP contribution < -0.4 is 0 Å². The first kappa shape index (κ1) is 18.4. The Morgan fingerprint density at radius 1 is 1.23 bits per heavy atom. The van der Waals surface area contributed by atoms with Crippen molar-refractivity contribution in [3.05, 3.63) is 64.1 Å². The molecule has 0 spiro atoms. The van der Waals surface area contributed by atoms with Gasteiger partial charge in [-0.1, -0.05) is 30.7 Å². The van der Waals surface area contributed by atoms with Gasteiger partial charge in [0.1, 0.15) is 0 Å². The van der Waals surface area contributed by atoms with Crippen LogP contribution in [0.15, 0.2) is 34.7 Å². The molecule has 3 rings (SSSR count). The summed E-state index contributed by atoms with van der Waals surface area (Å²) in [6.45, 7) is 3.58. The number of hydrogen-bond donors (Lipinski definition) is 0. The normalized spacial score (nSPS) is 13.2. The van der Waals surface area contributed by atoms with Gasteiger partial charge in [0.05, 0.1) is 18.9 Å². The van der Waals surface area contributed by atoms with E-state index in [0.717, 1.165) is 11.6 Å². The van der Waals surface area contributed by atoms with Crippen LogP contribution in [0.3, 0.4) is 0 Å². The van der Waals surface area contributed by atoms with Crippen LogP contribution in [0.25, 0.3) is 0 Å². The minimum Gasteiger partial charge on any atom is -0.425 e. The van der Waals surface area contributed by atoms with Crippen molar-refractivity contribution in [1.82, 2.24) is 20.0 Å². The number of aryl methyl sites for hydroxylation is 1. The van der Waals surface area contributed by atoms with Gasteiger partial charge in [-0.05, 0) is 30.7 Å². The monoisotopic (exact) mass is 384 g/mol. The second kappa shape index (κ2) is 7.11. The van der Waals surface area contributed by atoms with E-state index in [0.29, 0.717) is 28.9 Å². The molecule has 2 aromatic heterocycles. The molecule has 0 aliphatic carbocycles. The number of benzene rings is 1. The Labute approximate surface area is 152 Å². The van der Waals surface area contributed by atoms with Crippen LogP contribution in [0.2, 0.25) is 5.02 Å². The molecule has 0 radical (unpaired) electrons. The molecule has 1 aromatic carbocycles. The van der Waals surface area contributed by atoms with Gasteiger partial charge in [0.15, 0.2) is 5.69 Å². The summed E-state index contributed by atoms with van der Waals surface area (Å²) in [6, 6.07) is 8.32. The maximum Gasteiger partial charge on any atom is 0.435 e. The number of rotatable bonds is 5. The number of halogens is 4. The van der Waals surface area contributed by atoms with Crippen LogP contribution >= 0.6 is 11.6 Å². The summed E-state index contributed by atoms with van der Waals surface area (Å²) >= 11 is 5.95. The lowest BCUT2D eigenvalue weighted by molar-refractivity contribution is -0.141. The third kappa shape index (κ3) is 4.24. The van der Waals surface area contributed by atoms with E-state index in [1.165, 1.54) is 4.68 Å². The van der Waals surface area contributed by atoms with Gasteiger partial charge < -0.3 is 4.42 Å². The molecule has 0 amide bonds. The largest absolute Gasteiger partial charge is 0.435 e. The molecule has 1 atom stereocenters. The van der Waals surface area contributed by atoms with E-state index >= 15 is 0 Å². The fourth-order valence-electron chi connectivity index (χ4n) is 2.53. The molecular weight excluding hydrogens is 369 g/mol. The van der Waals surface area contributed by atoms with E-state index < -0.39 is 11.9 Å². The maximum absolute atomic E-state index is 12.8. The van der Waals surface area contributed by atoms with E-state index in [1.807, 2.05) is 12.1 Å². The summed E-state index contributed by atoms with van der Waals surface area (Å²) < 4.78 is 45.2. The lowest BCUT2D eigenvalue weighted by atomic mass is 10.1. The Morgan fingerprint density at radius 3 is 2.65 bits per heavy atom. The van der Waals surface area contributed by atoms with E-state index in [2.05, 4.69) is 15.3 Å². The van der Waals surface area contributed by atoms with Crippen molar-refractivity contribution in [3.8, 4) is 0 Å². The smallest absolute Gasteiger partial charge is 0.425 e. The molecule has 3 aromatic rings. The second-order valence-corrected chi connectivity index (χ2v) is 6.53. The number of alkyl halides is 3. The highest BCUT2D eigenvalue weighted by atomic mass is 35.5. The lowest BCUT2D eigenvalue weighted by Gasteiger charge is -2.09. The summed E-state index contributed by atoms with van der Waals surface area (Å²) in [5, 5.41) is 12.2. The fraction of sp³-hybridized carbons (Fsp3) is 0.353. The van der Waals surface area contributed by atoms with Gasteiger partial charge in [0.25, 0.3) is 0 Å². The molecule has 138 valence electrons. The Bertz CT molecular complexity index is 904. The average Bonchev–Trinajstić information content (AvgIpc) is 3.14. The molecule has 9 heteroatoms. The Hall–Kier alpha value is -2.35.